The molecule has 0 atom stereocenters. The fourth-order valence-electron chi connectivity index (χ4n) is 3.08. The lowest BCUT2D eigenvalue weighted by atomic mass is 10.0. The first-order valence-corrected chi connectivity index (χ1v) is 8.52. The molecule has 0 fully saturated rings. The number of benzene rings is 1. The number of carboxylic acids is 1. The van der Waals surface area contributed by atoms with Crippen LogP contribution in [0.5, 0.6) is 0 Å². The third-order valence-electron chi connectivity index (χ3n) is 4.36. The molecule has 0 aliphatic carbocycles. The molecule has 0 amide bonds. The summed E-state index contributed by atoms with van der Waals surface area (Å²) in [5.74, 6) is -0.807. The molecule has 0 spiro atoms. The standard InChI is InChI=1S/C20H23N3O2/c1-22-14-19(21-15-22)18(16-7-3-2-4-8-16)10-6-12-23-11-5-9-17(13-23)20(24)25/h2-4,7-10,14-15H,5-6,11-13H2,1H3,(H,24,25). The van der Waals surface area contributed by atoms with E-state index in [1.165, 1.54) is 0 Å². The van der Waals surface area contributed by atoms with Crippen LogP contribution in [0.2, 0.25) is 0 Å². The number of nitrogens with zero attached hydrogens (tertiary/aromatic N) is 3. The molecular formula is C20H23N3O2. The molecule has 25 heavy (non-hydrogen) atoms. The zero-order chi connectivity index (χ0) is 17.6. The van der Waals surface area contributed by atoms with Crippen molar-refractivity contribution in [1.29, 1.82) is 0 Å². The molecule has 0 radical (unpaired) electrons. The molecule has 0 bridgehead atoms. The summed E-state index contributed by atoms with van der Waals surface area (Å²) >= 11 is 0. The third kappa shape index (κ3) is 4.45. The van der Waals surface area contributed by atoms with Gasteiger partial charge in [0, 0.05) is 44.0 Å². The number of rotatable bonds is 6. The Morgan fingerprint density at radius 3 is 2.80 bits per heavy atom. The predicted octanol–water partition coefficient (Wildman–Crippen LogP) is 2.96. The minimum absolute atomic E-state index is 0.503. The average Bonchev–Trinajstić information content (AvgIpc) is 3.06. The second-order valence-electron chi connectivity index (χ2n) is 6.30. The van der Waals surface area contributed by atoms with Gasteiger partial charge >= 0.3 is 5.97 Å². The van der Waals surface area contributed by atoms with Crippen LogP contribution in [0.3, 0.4) is 0 Å². The summed E-state index contributed by atoms with van der Waals surface area (Å²) in [6.45, 7) is 2.27. The van der Waals surface area contributed by atoms with Gasteiger partial charge in [-0.1, -0.05) is 42.5 Å². The minimum Gasteiger partial charge on any atom is -0.478 e. The van der Waals surface area contributed by atoms with Gasteiger partial charge in [0.05, 0.1) is 12.0 Å². The Kier molecular flexibility index (Phi) is 5.46. The van der Waals surface area contributed by atoms with Gasteiger partial charge in [-0.25, -0.2) is 9.78 Å². The van der Waals surface area contributed by atoms with Crippen molar-refractivity contribution in [2.24, 2.45) is 7.05 Å². The van der Waals surface area contributed by atoms with E-state index in [1.54, 1.807) is 6.33 Å². The molecule has 5 nitrogen and oxygen atoms in total. The van der Waals surface area contributed by atoms with Gasteiger partial charge in [0.1, 0.15) is 0 Å². The van der Waals surface area contributed by atoms with Crippen molar-refractivity contribution in [3.05, 3.63) is 71.8 Å². The molecule has 0 saturated heterocycles. The van der Waals surface area contributed by atoms with Crippen molar-refractivity contribution in [2.75, 3.05) is 19.6 Å². The zero-order valence-electron chi connectivity index (χ0n) is 14.4. The maximum Gasteiger partial charge on any atom is 0.332 e. The number of imidazole rings is 1. The maximum absolute atomic E-state index is 11.1. The van der Waals surface area contributed by atoms with Gasteiger partial charge in [-0.3, -0.25) is 4.90 Å². The second-order valence-corrected chi connectivity index (χ2v) is 6.30. The predicted molar refractivity (Wildman–Crippen MR) is 98.1 cm³/mol. The number of hydrogen-bond acceptors (Lipinski definition) is 3. The van der Waals surface area contributed by atoms with Crippen LogP contribution in [0.25, 0.3) is 5.57 Å². The molecule has 5 heteroatoms. The topological polar surface area (TPSA) is 58.4 Å². The van der Waals surface area contributed by atoms with E-state index in [1.807, 2.05) is 42.1 Å². The van der Waals surface area contributed by atoms with Gasteiger partial charge in [-0.2, -0.15) is 0 Å². The highest BCUT2D eigenvalue weighted by Gasteiger charge is 2.16. The van der Waals surface area contributed by atoms with Crippen molar-refractivity contribution in [3.63, 3.8) is 0 Å². The molecule has 2 aromatic rings. The van der Waals surface area contributed by atoms with Crippen molar-refractivity contribution in [2.45, 2.75) is 12.8 Å². The summed E-state index contributed by atoms with van der Waals surface area (Å²) in [6, 6.07) is 10.2. The number of hydrogen-bond donors (Lipinski definition) is 1. The van der Waals surface area contributed by atoms with Gasteiger partial charge in [0.15, 0.2) is 0 Å². The van der Waals surface area contributed by atoms with Crippen molar-refractivity contribution in [1.82, 2.24) is 14.5 Å². The molecule has 1 aliphatic rings. The van der Waals surface area contributed by atoms with Gasteiger partial charge in [0.2, 0.25) is 0 Å². The SMILES string of the molecule is Cn1cnc(C(=CCCN2CCC=C(C(=O)O)C2)c2ccccc2)c1. The number of aromatic nitrogens is 2. The molecule has 130 valence electrons. The van der Waals surface area contributed by atoms with Crippen LogP contribution in [0.1, 0.15) is 24.1 Å². The van der Waals surface area contributed by atoms with Crippen LogP contribution >= 0.6 is 0 Å². The van der Waals surface area contributed by atoms with Gasteiger partial charge in [0.25, 0.3) is 0 Å². The summed E-state index contributed by atoms with van der Waals surface area (Å²) in [4.78, 5) is 17.8. The van der Waals surface area contributed by atoms with Gasteiger partial charge in [-0.15, -0.1) is 0 Å². The first-order chi connectivity index (χ1) is 12.1. The van der Waals surface area contributed by atoms with Crippen LogP contribution < -0.4 is 0 Å². The van der Waals surface area contributed by atoms with Crippen molar-refractivity contribution in [3.8, 4) is 0 Å². The first-order valence-electron chi connectivity index (χ1n) is 8.52. The largest absolute Gasteiger partial charge is 0.478 e. The van der Waals surface area contributed by atoms with Gasteiger partial charge in [-0.05, 0) is 18.4 Å². The highest BCUT2D eigenvalue weighted by atomic mass is 16.4. The smallest absolute Gasteiger partial charge is 0.332 e. The fourth-order valence-corrected chi connectivity index (χ4v) is 3.08. The lowest BCUT2D eigenvalue weighted by molar-refractivity contribution is -0.133. The zero-order valence-corrected chi connectivity index (χ0v) is 14.4. The van der Waals surface area contributed by atoms with E-state index in [9.17, 15) is 4.79 Å². The van der Waals surface area contributed by atoms with Crippen LogP contribution in [0, 0.1) is 0 Å². The molecule has 1 aliphatic heterocycles. The molecule has 2 heterocycles. The quantitative estimate of drug-likeness (QED) is 0.880. The number of carboxylic acid groups (broad SMARTS) is 1. The Labute approximate surface area is 147 Å². The Bertz CT molecular complexity index is 790. The van der Waals surface area contributed by atoms with E-state index in [4.69, 9.17) is 5.11 Å². The fraction of sp³-hybridized carbons (Fsp3) is 0.300. The maximum atomic E-state index is 11.1. The number of carbonyl (C=O) groups is 1. The third-order valence-corrected chi connectivity index (χ3v) is 4.36. The average molecular weight is 337 g/mol. The van der Waals surface area contributed by atoms with Crippen LogP contribution in [-0.2, 0) is 11.8 Å². The van der Waals surface area contributed by atoms with E-state index >= 15 is 0 Å². The summed E-state index contributed by atoms with van der Waals surface area (Å²) in [7, 11) is 1.96. The molecule has 3 rings (SSSR count). The highest BCUT2D eigenvalue weighted by molar-refractivity contribution is 5.87. The van der Waals surface area contributed by atoms with E-state index < -0.39 is 5.97 Å². The minimum atomic E-state index is -0.807. The van der Waals surface area contributed by atoms with E-state index in [-0.39, 0.29) is 0 Å². The Balaban J connectivity index is 1.72. The molecule has 1 aromatic carbocycles. The molecule has 0 unspecified atom stereocenters. The highest BCUT2D eigenvalue weighted by Crippen LogP contribution is 2.22. The van der Waals surface area contributed by atoms with Crippen LogP contribution in [-0.4, -0.2) is 45.2 Å². The van der Waals surface area contributed by atoms with E-state index in [0.717, 1.165) is 42.8 Å². The Morgan fingerprint density at radius 2 is 2.12 bits per heavy atom. The molecular weight excluding hydrogens is 314 g/mol. The van der Waals surface area contributed by atoms with E-state index in [2.05, 4.69) is 28.1 Å². The summed E-state index contributed by atoms with van der Waals surface area (Å²) < 4.78 is 1.95. The van der Waals surface area contributed by atoms with Gasteiger partial charge < -0.3 is 9.67 Å². The monoisotopic (exact) mass is 337 g/mol. The number of aryl methyl sites for hydroxylation is 1. The van der Waals surface area contributed by atoms with Crippen LogP contribution in [0.15, 0.2) is 60.6 Å². The molecule has 1 N–H and O–H groups in total. The summed E-state index contributed by atoms with van der Waals surface area (Å²) in [6.07, 6.45) is 9.52. The Hall–Kier alpha value is -2.66. The number of aliphatic carboxylic acids is 1. The lowest BCUT2D eigenvalue weighted by Gasteiger charge is -2.25. The molecule has 0 saturated carbocycles. The van der Waals surface area contributed by atoms with E-state index in [0.29, 0.717) is 12.1 Å². The van der Waals surface area contributed by atoms with Crippen molar-refractivity contribution >= 4 is 11.5 Å². The van der Waals surface area contributed by atoms with Crippen LogP contribution in [0.4, 0.5) is 0 Å². The summed E-state index contributed by atoms with van der Waals surface area (Å²) in [5, 5.41) is 9.15. The first kappa shape index (κ1) is 17.2. The lowest BCUT2D eigenvalue weighted by Crippen LogP contribution is -2.32. The Morgan fingerprint density at radius 1 is 1.32 bits per heavy atom. The molecule has 1 aromatic heterocycles. The summed E-state index contributed by atoms with van der Waals surface area (Å²) in [5.41, 5.74) is 3.72. The normalized spacial score (nSPS) is 15.9. The van der Waals surface area contributed by atoms with Crippen molar-refractivity contribution < 1.29 is 9.90 Å². The second kappa shape index (κ2) is 7.94.